The molecule has 1 saturated carbocycles. The van der Waals surface area contributed by atoms with Crippen molar-refractivity contribution in [2.45, 2.75) is 44.7 Å². The summed E-state index contributed by atoms with van der Waals surface area (Å²) >= 11 is 0. The van der Waals surface area contributed by atoms with Crippen LogP contribution in [0, 0.1) is 6.92 Å². The first kappa shape index (κ1) is 21.7. The molecule has 0 unspecified atom stereocenters. The summed E-state index contributed by atoms with van der Waals surface area (Å²) < 4.78 is 10.5. The third-order valence-electron chi connectivity index (χ3n) is 5.31. The molecule has 0 radical (unpaired) electrons. The van der Waals surface area contributed by atoms with Gasteiger partial charge in [-0.1, -0.05) is 0 Å². The van der Waals surface area contributed by atoms with Gasteiger partial charge in [0.15, 0.2) is 0 Å². The van der Waals surface area contributed by atoms with Crippen LogP contribution >= 0.6 is 0 Å². The minimum atomic E-state index is -0.110. The molecule has 0 bridgehead atoms. The maximum absolute atomic E-state index is 12.7. The molecule has 0 atom stereocenters. The van der Waals surface area contributed by atoms with Gasteiger partial charge in [-0.2, -0.15) is 4.98 Å². The van der Waals surface area contributed by atoms with E-state index in [4.69, 9.17) is 9.47 Å². The van der Waals surface area contributed by atoms with Gasteiger partial charge in [0.25, 0.3) is 5.91 Å². The third kappa shape index (κ3) is 5.52. The second kappa shape index (κ2) is 9.65. The van der Waals surface area contributed by atoms with E-state index in [1.54, 1.807) is 32.4 Å². The number of ether oxygens (including phenoxy) is 2. The number of rotatable bonds is 7. The fourth-order valence-corrected chi connectivity index (χ4v) is 3.62. The monoisotopic (exact) mass is 413 g/mol. The first-order chi connectivity index (χ1) is 14.4. The Kier molecular flexibility index (Phi) is 6.97. The Labute approximate surface area is 178 Å². The lowest BCUT2D eigenvalue weighted by Crippen LogP contribution is -2.40. The predicted octanol–water partition coefficient (Wildman–Crippen LogP) is 3.02. The number of aromatic nitrogens is 2. The Morgan fingerprint density at radius 1 is 0.967 bits per heavy atom. The summed E-state index contributed by atoms with van der Waals surface area (Å²) in [4.78, 5) is 23.8. The van der Waals surface area contributed by atoms with Crippen molar-refractivity contribution in [3.05, 3.63) is 35.5 Å². The molecule has 2 aromatic rings. The smallest absolute Gasteiger partial charge is 0.251 e. The zero-order valence-electron chi connectivity index (χ0n) is 18.4. The van der Waals surface area contributed by atoms with E-state index < -0.39 is 0 Å². The van der Waals surface area contributed by atoms with Crippen LogP contribution in [0.15, 0.2) is 24.3 Å². The number of benzene rings is 1. The van der Waals surface area contributed by atoms with Gasteiger partial charge in [0.05, 0.1) is 14.2 Å². The summed E-state index contributed by atoms with van der Waals surface area (Å²) in [5.41, 5.74) is 1.47. The number of amides is 1. The number of nitrogens with one attached hydrogen (secondary N) is 2. The highest BCUT2D eigenvalue weighted by atomic mass is 16.5. The van der Waals surface area contributed by atoms with Crippen LogP contribution in [-0.4, -0.2) is 56.3 Å². The molecule has 8 heteroatoms. The first-order valence-corrected chi connectivity index (χ1v) is 10.2. The van der Waals surface area contributed by atoms with Gasteiger partial charge in [-0.05, 0) is 44.7 Å². The molecule has 1 heterocycles. The van der Waals surface area contributed by atoms with Crippen LogP contribution in [0.25, 0.3) is 0 Å². The van der Waals surface area contributed by atoms with Gasteiger partial charge >= 0.3 is 0 Å². The molecule has 1 aromatic heterocycles. The summed E-state index contributed by atoms with van der Waals surface area (Å²) in [5, 5.41) is 6.60. The molecular weight excluding hydrogens is 382 g/mol. The zero-order valence-corrected chi connectivity index (χ0v) is 18.4. The number of carbonyl (C=O) groups excluding carboxylic acids is 1. The van der Waals surface area contributed by atoms with E-state index in [1.807, 2.05) is 32.0 Å². The summed E-state index contributed by atoms with van der Waals surface area (Å²) in [6.45, 7) is 1.97. The Balaban J connectivity index is 1.55. The summed E-state index contributed by atoms with van der Waals surface area (Å²) in [5.74, 6) is 2.64. The lowest BCUT2D eigenvalue weighted by Gasteiger charge is -2.30. The fraction of sp³-hybridized carbons (Fsp3) is 0.500. The molecule has 30 heavy (non-hydrogen) atoms. The number of carbonyl (C=O) groups is 1. The van der Waals surface area contributed by atoms with Crippen LogP contribution in [0.5, 0.6) is 11.5 Å². The number of hydrogen-bond donors (Lipinski definition) is 2. The minimum absolute atomic E-state index is 0.110. The third-order valence-corrected chi connectivity index (χ3v) is 5.31. The van der Waals surface area contributed by atoms with Crippen LogP contribution in [0.4, 0.5) is 11.8 Å². The summed E-state index contributed by atoms with van der Waals surface area (Å²) in [6.07, 6.45) is 3.69. The van der Waals surface area contributed by atoms with Gasteiger partial charge in [0, 0.05) is 49.6 Å². The Hall–Kier alpha value is -3.03. The van der Waals surface area contributed by atoms with Crippen LogP contribution < -0.4 is 25.0 Å². The molecule has 0 saturated heterocycles. The lowest BCUT2D eigenvalue weighted by molar-refractivity contribution is 0.0926. The molecule has 1 fully saturated rings. The molecule has 1 aliphatic carbocycles. The zero-order chi connectivity index (χ0) is 21.7. The lowest BCUT2D eigenvalue weighted by atomic mass is 9.91. The fourth-order valence-electron chi connectivity index (χ4n) is 3.62. The SMILES string of the molecule is COc1cc(OC)cc(C(=O)N[C@H]2CC[C@@H](Nc3nc(C)cc(N(C)C)n3)CC2)c1. The Bertz CT molecular complexity index is 857. The number of hydrogen-bond acceptors (Lipinski definition) is 7. The van der Waals surface area contributed by atoms with E-state index in [-0.39, 0.29) is 11.9 Å². The molecule has 1 aliphatic rings. The summed E-state index contributed by atoms with van der Waals surface area (Å²) in [7, 11) is 7.09. The summed E-state index contributed by atoms with van der Waals surface area (Å²) in [6, 6.07) is 7.61. The van der Waals surface area contributed by atoms with Gasteiger partial charge in [-0.3, -0.25) is 4.79 Å². The van der Waals surface area contributed by atoms with Crippen LogP contribution in [0.1, 0.15) is 41.7 Å². The van der Waals surface area contributed by atoms with Gasteiger partial charge in [-0.15, -0.1) is 0 Å². The van der Waals surface area contributed by atoms with E-state index in [0.29, 0.717) is 29.1 Å². The maximum atomic E-state index is 12.7. The van der Waals surface area contributed by atoms with Gasteiger partial charge in [-0.25, -0.2) is 4.98 Å². The van der Waals surface area contributed by atoms with Crippen molar-refractivity contribution in [1.29, 1.82) is 0 Å². The molecular formula is C22H31N5O3. The molecule has 3 rings (SSSR count). The van der Waals surface area contributed by atoms with Crippen molar-refractivity contribution in [3.63, 3.8) is 0 Å². The minimum Gasteiger partial charge on any atom is -0.497 e. The maximum Gasteiger partial charge on any atom is 0.251 e. The standard InChI is InChI=1S/C22H31N5O3/c1-14-10-20(27(2)3)26-22(23-14)25-17-8-6-16(7-9-17)24-21(28)15-11-18(29-4)13-19(12-15)30-5/h10-13,16-17H,6-9H2,1-5H3,(H,24,28)(H,23,25,26)/t16-,17+. The van der Waals surface area contributed by atoms with Crippen molar-refractivity contribution in [2.24, 2.45) is 0 Å². The molecule has 0 aliphatic heterocycles. The number of anilines is 2. The highest BCUT2D eigenvalue weighted by Crippen LogP contribution is 2.25. The van der Waals surface area contributed by atoms with E-state index in [9.17, 15) is 4.79 Å². The van der Waals surface area contributed by atoms with Crippen LogP contribution in [-0.2, 0) is 0 Å². The van der Waals surface area contributed by atoms with Crippen LogP contribution in [0.2, 0.25) is 0 Å². The van der Waals surface area contributed by atoms with Crippen molar-refractivity contribution in [2.75, 3.05) is 38.5 Å². The Morgan fingerprint density at radius 2 is 1.57 bits per heavy atom. The van der Waals surface area contributed by atoms with Crippen LogP contribution in [0.3, 0.4) is 0 Å². The average molecular weight is 414 g/mol. The number of nitrogens with zero attached hydrogens (tertiary/aromatic N) is 3. The number of methoxy groups -OCH3 is 2. The predicted molar refractivity (Wildman–Crippen MR) is 118 cm³/mol. The van der Waals surface area contributed by atoms with E-state index in [1.165, 1.54) is 0 Å². The molecule has 2 N–H and O–H groups in total. The quantitative estimate of drug-likeness (QED) is 0.721. The van der Waals surface area contributed by atoms with E-state index in [2.05, 4.69) is 20.6 Å². The van der Waals surface area contributed by atoms with Crippen molar-refractivity contribution in [3.8, 4) is 11.5 Å². The normalized spacial score (nSPS) is 18.4. The van der Waals surface area contributed by atoms with E-state index in [0.717, 1.165) is 37.2 Å². The second-order valence-electron chi connectivity index (χ2n) is 7.85. The van der Waals surface area contributed by atoms with Gasteiger partial charge in [0.1, 0.15) is 17.3 Å². The molecule has 1 amide bonds. The van der Waals surface area contributed by atoms with Crippen molar-refractivity contribution < 1.29 is 14.3 Å². The molecule has 162 valence electrons. The highest BCUT2D eigenvalue weighted by Gasteiger charge is 2.24. The topological polar surface area (TPSA) is 88.6 Å². The van der Waals surface area contributed by atoms with Gasteiger partial charge < -0.3 is 25.0 Å². The molecule has 1 aromatic carbocycles. The number of aryl methyl sites for hydroxylation is 1. The Morgan fingerprint density at radius 3 is 2.13 bits per heavy atom. The average Bonchev–Trinajstić information content (AvgIpc) is 2.74. The second-order valence-corrected chi connectivity index (χ2v) is 7.85. The van der Waals surface area contributed by atoms with Gasteiger partial charge in [0.2, 0.25) is 5.95 Å². The van der Waals surface area contributed by atoms with Crippen molar-refractivity contribution in [1.82, 2.24) is 15.3 Å². The van der Waals surface area contributed by atoms with E-state index >= 15 is 0 Å². The largest absolute Gasteiger partial charge is 0.497 e. The highest BCUT2D eigenvalue weighted by molar-refractivity contribution is 5.95. The molecule has 0 spiro atoms. The first-order valence-electron chi connectivity index (χ1n) is 10.2. The molecule has 8 nitrogen and oxygen atoms in total. The van der Waals surface area contributed by atoms with Crippen molar-refractivity contribution >= 4 is 17.7 Å².